The zero-order valence-corrected chi connectivity index (χ0v) is 11.5. The van der Waals surface area contributed by atoms with Crippen molar-refractivity contribution in [2.75, 3.05) is 0 Å². The Balaban J connectivity index is 1.81. The van der Waals surface area contributed by atoms with Gasteiger partial charge in [0.25, 0.3) is 0 Å². The molecule has 3 aromatic rings. The lowest BCUT2D eigenvalue weighted by Crippen LogP contribution is -2.01. The van der Waals surface area contributed by atoms with E-state index in [4.69, 9.17) is 0 Å². The Kier molecular flexibility index (Phi) is 3.38. The van der Waals surface area contributed by atoms with Gasteiger partial charge in [0, 0.05) is 28.6 Å². The number of fused-ring (bicyclic) bond motifs is 1. The number of ketones is 1. The van der Waals surface area contributed by atoms with Crippen molar-refractivity contribution < 1.29 is 4.79 Å². The maximum absolute atomic E-state index is 12.2. The van der Waals surface area contributed by atoms with Crippen LogP contribution in [0.15, 0.2) is 54.6 Å². The highest BCUT2D eigenvalue weighted by Gasteiger charge is 2.11. The molecule has 0 radical (unpaired) electrons. The molecule has 3 rings (SSSR count). The van der Waals surface area contributed by atoms with Crippen molar-refractivity contribution in [1.82, 2.24) is 4.98 Å². The van der Waals surface area contributed by atoms with Gasteiger partial charge >= 0.3 is 0 Å². The minimum atomic E-state index is 0.204. The van der Waals surface area contributed by atoms with Crippen molar-refractivity contribution in [2.45, 2.75) is 19.8 Å². The van der Waals surface area contributed by atoms with E-state index in [1.165, 1.54) is 10.9 Å². The Labute approximate surface area is 118 Å². The van der Waals surface area contributed by atoms with Gasteiger partial charge in [0.15, 0.2) is 5.78 Å². The molecule has 2 nitrogen and oxygen atoms in total. The highest BCUT2D eigenvalue weighted by Crippen LogP contribution is 2.23. The quantitative estimate of drug-likeness (QED) is 0.700. The van der Waals surface area contributed by atoms with Gasteiger partial charge in [-0.2, -0.15) is 0 Å². The van der Waals surface area contributed by atoms with E-state index in [1.807, 2.05) is 42.5 Å². The fourth-order valence-corrected chi connectivity index (χ4v) is 2.66. The monoisotopic (exact) mass is 263 g/mol. The Morgan fingerprint density at radius 1 is 1.00 bits per heavy atom. The molecule has 0 saturated heterocycles. The predicted octanol–water partition coefficient (Wildman–Crippen LogP) is 4.29. The van der Waals surface area contributed by atoms with Gasteiger partial charge in [0.2, 0.25) is 0 Å². The van der Waals surface area contributed by atoms with Crippen molar-refractivity contribution in [3.05, 3.63) is 71.4 Å². The number of carbonyl (C=O) groups excluding carboxylic acids is 1. The van der Waals surface area contributed by atoms with E-state index in [9.17, 15) is 4.79 Å². The van der Waals surface area contributed by atoms with Gasteiger partial charge in [0.1, 0.15) is 0 Å². The molecule has 1 N–H and O–H groups in total. The molecule has 0 aliphatic heterocycles. The van der Waals surface area contributed by atoms with E-state index in [1.54, 1.807) is 0 Å². The van der Waals surface area contributed by atoms with Crippen LogP contribution in [0.5, 0.6) is 0 Å². The zero-order valence-electron chi connectivity index (χ0n) is 11.5. The summed E-state index contributed by atoms with van der Waals surface area (Å²) in [5.41, 5.74) is 4.36. The molecule has 20 heavy (non-hydrogen) atoms. The fourth-order valence-electron chi connectivity index (χ4n) is 2.66. The molecule has 0 aliphatic rings. The summed E-state index contributed by atoms with van der Waals surface area (Å²) in [6, 6.07) is 17.8. The number of aryl methyl sites for hydroxylation is 2. The first kappa shape index (κ1) is 12.7. The van der Waals surface area contributed by atoms with E-state index >= 15 is 0 Å². The number of carbonyl (C=O) groups is 1. The third-order valence-corrected chi connectivity index (χ3v) is 3.72. The van der Waals surface area contributed by atoms with Crippen LogP contribution < -0.4 is 0 Å². The molecule has 0 amide bonds. The first-order valence-electron chi connectivity index (χ1n) is 6.90. The molecule has 0 bridgehead atoms. The predicted molar refractivity (Wildman–Crippen MR) is 82.1 cm³/mol. The van der Waals surface area contributed by atoms with Gasteiger partial charge in [-0.3, -0.25) is 4.79 Å². The van der Waals surface area contributed by atoms with Crippen LogP contribution >= 0.6 is 0 Å². The molecule has 0 saturated carbocycles. The lowest BCUT2D eigenvalue weighted by molar-refractivity contribution is 0.0983. The lowest BCUT2D eigenvalue weighted by Gasteiger charge is -2.02. The van der Waals surface area contributed by atoms with Gasteiger partial charge in [-0.05, 0) is 25.0 Å². The Bertz CT molecular complexity index is 740. The molecule has 2 heteroatoms. The lowest BCUT2D eigenvalue weighted by atomic mass is 10.0. The molecule has 1 aromatic heterocycles. The number of Topliss-reactive ketones (excluding diaryl/α,β-unsaturated/α-hetero) is 1. The summed E-state index contributed by atoms with van der Waals surface area (Å²) in [7, 11) is 0. The maximum atomic E-state index is 12.2. The van der Waals surface area contributed by atoms with E-state index in [2.05, 4.69) is 24.0 Å². The smallest absolute Gasteiger partial charge is 0.163 e. The SMILES string of the molecule is Cc1[nH]c2ccccc2c1CCC(=O)c1ccccc1. The first-order chi connectivity index (χ1) is 9.75. The van der Waals surface area contributed by atoms with E-state index in [0.717, 1.165) is 23.2 Å². The van der Waals surface area contributed by atoms with Gasteiger partial charge in [-0.15, -0.1) is 0 Å². The average molecular weight is 263 g/mol. The highest BCUT2D eigenvalue weighted by atomic mass is 16.1. The van der Waals surface area contributed by atoms with Crippen molar-refractivity contribution >= 4 is 16.7 Å². The summed E-state index contributed by atoms with van der Waals surface area (Å²) in [6.45, 7) is 2.07. The largest absolute Gasteiger partial charge is 0.358 e. The molecule has 0 unspecified atom stereocenters. The van der Waals surface area contributed by atoms with Crippen LogP contribution in [0.4, 0.5) is 0 Å². The van der Waals surface area contributed by atoms with Crippen molar-refractivity contribution in [3.8, 4) is 0 Å². The van der Waals surface area contributed by atoms with Crippen molar-refractivity contribution in [3.63, 3.8) is 0 Å². The van der Waals surface area contributed by atoms with Crippen molar-refractivity contribution in [1.29, 1.82) is 0 Å². The molecule has 0 fully saturated rings. The Morgan fingerprint density at radius 2 is 1.70 bits per heavy atom. The minimum absolute atomic E-state index is 0.204. The van der Waals surface area contributed by atoms with Crippen LogP contribution in [0.3, 0.4) is 0 Å². The molecular weight excluding hydrogens is 246 g/mol. The molecular formula is C18H17NO. The standard InChI is InChI=1S/C18H17NO/c1-13-15(16-9-5-6-10-17(16)19-13)11-12-18(20)14-7-3-2-4-8-14/h2-10,19H,11-12H2,1H3. The number of aromatic nitrogens is 1. The normalized spacial score (nSPS) is 10.8. The van der Waals surface area contributed by atoms with Gasteiger partial charge in [-0.25, -0.2) is 0 Å². The summed E-state index contributed by atoms with van der Waals surface area (Å²) in [5, 5.41) is 1.23. The number of nitrogens with one attached hydrogen (secondary N) is 1. The Morgan fingerprint density at radius 3 is 2.50 bits per heavy atom. The summed E-state index contributed by atoms with van der Waals surface area (Å²) in [4.78, 5) is 15.6. The Hall–Kier alpha value is -2.35. The number of rotatable bonds is 4. The molecule has 0 spiro atoms. The second kappa shape index (κ2) is 5.33. The van der Waals surface area contributed by atoms with E-state index in [-0.39, 0.29) is 5.78 Å². The molecule has 2 aromatic carbocycles. The maximum Gasteiger partial charge on any atom is 0.163 e. The number of hydrogen-bond donors (Lipinski definition) is 1. The minimum Gasteiger partial charge on any atom is -0.358 e. The summed E-state index contributed by atoms with van der Waals surface area (Å²) in [6.07, 6.45) is 1.33. The fraction of sp³-hybridized carbons (Fsp3) is 0.167. The summed E-state index contributed by atoms with van der Waals surface area (Å²) < 4.78 is 0. The zero-order chi connectivity index (χ0) is 13.9. The third kappa shape index (κ3) is 2.37. The number of benzene rings is 2. The van der Waals surface area contributed by atoms with Crippen molar-refractivity contribution in [2.24, 2.45) is 0 Å². The topological polar surface area (TPSA) is 32.9 Å². The van der Waals surface area contributed by atoms with Gasteiger partial charge in [0.05, 0.1) is 0 Å². The van der Waals surface area contributed by atoms with Crippen LogP contribution in [0.2, 0.25) is 0 Å². The third-order valence-electron chi connectivity index (χ3n) is 3.72. The number of para-hydroxylation sites is 1. The molecule has 0 aliphatic carbocycles. The van der Waals surface area contributed by atoms with Crippen LogP contribution in [0, 0.1) is 6.92 Å². The van der Waals surface area contributed by atoms with Crippen LogP contribution in [0.25, 0.3) is 10.9 Å². The summed E-state index contributed by atoms with van der Waals surface area (Å²) >= 11 is 0. The summed E-state index contributed by atoms with van der Waals surface area (Å²) in [5.74, 6) is 0.204. The molecule has 100 valence electrons. The van der Waals surface area contributed by atoms with Gasteiger partial charge < -0.3 is 4.98 Å². The molecule has 1 heterocycles. The number of hydrogen-bond acceptors (Lipinski definition) is 1. The van der Waals surface area contributed by atoms with Crippen LogP contribution in [0.1, 0.15) is 28.0 Å². The van der Waals surface area contributed by atoms with E-state index in [0.29, 0.717) is 6.42 Å². The number of H-pyrrole nitrogens is 1. The second-order valence-corrected chi connectivity index (χ2v) is 5.06. The molecule has 0 atom stereocenters. The second-order valence-electron chi connectivity index (χ2n) is 5.06. The van der Waals surface area contributed by atoms with Crippen LogP contribution in [-0.4, -0.2) is 10.8 Å². The highest BCUT2D eigenvalue weighted by molar-refractivity contribution is 5.96. The van der Waals surface area contributed by atoms with E-state index < -0.39 is 0 Å². The van der Waals surface area contributed by atoms with Crippen LogP contribution in [-0.2, 0) is 6.42 Å². The first-order valence-corrected chi connectivity index (χ1v) is 6.90. The van der Waals surface area contributed by atoms with Gasteiger partial charge in [-0.1, -0.05) is 48.5 Å². The number of aromatic amines is 1. The average Bonchev–Trinajstić information content (AvgIpc) is 2.81.